The van der Waals surface area contributed by atoms with Crippen molar-refractivity contribution in [2.75, 3.05) is 0 Å². The van der Waals surface area contributed by atoms with Crippen LogP contribution in [0.15, 0.2) is 42.5 Å². The van der Waals surface area contributed by atoms with E-state index in [1.807, 2.05) is 6.92 Å². The van der Waals surface area contributed by atoms with Gasteiger partial charge in [0.15, 0.2) is 5.78 Å². The minimum atomic E-state index is -1.16. The van der Waals surface area contributed by atoms with Gasteiger partial charge in [-0.05, 0) is 74.6 Å². The number of hydrogen-bond acceptors (Lipinski definition) is 4. The fourth-order valence-corrected chi connectivity index (χ4v) is 5.39. The monoisotopic (exact) mass is 520 g/mol. The van der Waals surface area contributed by atoms with E-state index in [2.05, 4.69) is 0 Å². The quantitative estimate of drug-likeness (QED) is 0.374. The predicted molar refractivity (Wildman–Crippen MR) is 130 cm³/mol. The molecule has 1 heterocycles. The molecule has 0 aromatic heterocycles. The first-order valence-corrected chi connectivity index (χ1v) is 12.2. The van der Waals surface area contributed by atoms with Crippen LogP contribution in [0.5, 0.6) is 0 Å². The maximum absolute atomic E-state index is 13.7. The summed E-state index contributed by atoms with van der Waals surface area (Å²) < 4.78 is 0. The largest absolute Gasteiger partial charge is 0.292 e. The molecule has 2 aliphatic rings. The second-order valence-corrected chi connectivity index (χ2v) is 10.2. The van der Waals surface area contributed by atoms with Crippen LogP contribution >= 0.6 is 34.8 Å². The number of halogens is 3. The van der Waals surface area contributed by atoms with Gasteiger partial charge in [-0.1, -0.05) is 41.7 Å². The van der Waals surface area contributed by atoms with Gasteiger partial charge in [0.25, 0.3) is 17.7 Å². The summed E-state index contributed by atoms with van der Waals surface area (Å²) in [5.74, 6) is -2.82. The number of fused-ring (bicyclic) bond motifs is 1. The number of imide groups is 1. The van der Waals surface area contributed by atoms with Crippen molar-refractivity contribution in [1.29, 1.82) is 0 Å². The highest BCUT2D eigenvalue weighted by molar-refractivity contribution is 6.37. The maximum atomic E-state index is 13.7. The number of Topliss-reactive ketones (excluding diaryl/α,β-unsaturated/α-hetero) is 1. The second-order valence-electron chi connectivity index (χ2n) is 8.94. The average Bonchev–Trinajstić information content (AvgIpc) is 3.03. The third kappa shape index (κ3) is 4.47. The molecule has 1 aliphatic carbocycles. The Balaban J connectivity index is 1.77. The second kappa shape index (κ2) is 9.68. The summed E-state index contributed by atoms with van der Waals surface area (Å²) in [6.45, 7) is 3.53. The highest BCUT2D eigenvalue weighted by Gasteiger charge is 2.54. The predicted octanol–water partition coefficient (Wildman–Crippen LogP) is 5.70. The number of hydrazine groups is 1. The number of hydrogen-bond donors (Lipinski definition) is 0. The summed E-state index contributed by atoms with van der Waals surface area (Å²) in [5.41, 5.74) is 0.327. The fraction of sp³-hybridized carbons (Fsp3) is 0.360. The molecule has 34 heavy (non-hydrogen) atoms. The van der Waals surface area contributed by atoms with E-state index in [0.717, 1.165) is 16.4 Å². The molecule has 0 spiro atoms. The minimum Gasteiger partial charge on any atom is -0.292 e. The summed E-state index contributed by atoms with van der Waals surface area (Å²) in [5, 5.41) is 2.66. The number of carbonyl (C=O) groups excluding carboxylic acids is 4. The van der Waals surface area contributed by atoms with Crippen LogP contribution in [0.25, 0.3) is 0 Å². The summed E-state index contributed by atoms with van der Waals surface area (Å²) >= 11 is 18.2. The van der Waals surface area contributed by atoms with Gasteiger partial charge < -0.3 is 0 Å². The van der Waals surface area contributed by atoms with Gasteiger partial charge in [-0.15, -0.1) is 0 Å². The van der Waals surface area contributed by atoms with Crippen molar-refractivity contribution >= 4 is 58.3 Å². The molecule has 3 amide bonds. The lowest BCUT2D eigenvalue weighted by Gasteiger charge is -2.35. The standard InChI is InChI=1S/C25H23Cl3N2O4/c1-13-3-9-18-20(11-13)25(34)30(23(18)32)29(24(33)19-10-8-17(27)12-21(19)28)14(2)22(31)15-4-6-16(26)7-5-15/h4-8,10,12-14,18,20H,3,9,11H2,1-2H3/t13-,14-,18+,20-/m1/s1. The lowest BCUT2D eigenvalue weighted by atomic mass is 9.76. The van der Waals surface area contributed by atoms with Crippen LogP contribution in [-0.2, 0) is 9.59 Å². The first kappa shape index (κ1) is 24.7. The Hall–Kier alpha value is -2.41. The van der Waals surface area contributed by atoms with E-state index in [4.69, 9.17) is 34.8 Å². The maximum Gasteiger partial charge on any atom is 0.275 e. The topological polar surface area (TPSA) is 74.8 Å². The van der Waals surface area contributed by atoms with Crippen LogP contribution in [0.2, 0.25) is 15.1 Å². The first-order chi connectivity index (χ1) is 16.1. The molecule has 0 N–H and O–H groups in total. The molecule has 0 bridgehead atoms. The highest BCUT2D eigenvalue weighted by atomic mass is 35.5. The van der Waals surface area contributed by atoms with E-state index in [1.165, 1.54) is 37.3 Å². The number of nitrogens with zero attached hydrogens (tertiary/aromatic N) is 2. The van der Waals surface area contributed by atoms with Crippen LogP contribution in [0.3, 0.4) is 0 Å². The Morgan fingerprint density at radius 1 is 0.941 bits per heavy atom. The normalized spacial score (nSPS) is 23.0. The Bertz CT molecular complexity index is 1170. The summed E-state index contributed by atoms with van der Waals surface area (Å²) in [7, 11) is 0. The SMILES string of the molecule is C[C@@H]1CC[C@@H]2C(=O)N(N(C(=O)c3ccc(Cl)cc3Cl)[C@H](C)C(=O)c3ccc(Cl)cc3)C(=O)[C@@H]2C1. The van der Waals surface area contributed by atoms with E-state index >= 15 is 0 Å². The molecular formula is C25H23Cl3N2O4. The van der Waals surface area contributed by atoms with Gasteiger partial charge >= 0.3 is 0 Å². The van der Waals surface area contributed by atoms with Crippen molar-refractivity contribution < 1.29 is 19.2 Å². The van der Waals surface area contributed by atoms with Crippen molar-refractivity contribution in [3.63, 3.8) is 0 Å². The molecule has 0 radical (unpaired) electrons. The fourth-order valence-electron chi connectivity index (χ4n) is 4.78. The van der Waals surface area contributed by atoms with Gasteiger partial charge in [0.05, 0.1) is 22.4 Å². The lowest BCUT2D eigenvalue weighted by Crippen LogP contribution is -2.56. The molecule has 4 atom stereocenters. The molecule has 1 saturated carbocycles. The zero-order valence-electron chi connectivity index (χ0n) is 18.6. The van der Waals surface area contributed by atoms with E-state index in [-0.39, 0.29) is 10.6 Å². The molecule has 0 unspecified atom stereocenters. The van der Waals surface area contributed by atoms with Gasteiger partial charge in [0.1, 0.15) is 6.04 Å². The molecule has 4 rings (SSSR count). The molecule has 6 nitrogen and oxygen atoms in total. The first-order valence-electron chi connectivity index (χ1n) is 11.1. The summed E-state index contributed by atoms with van der Waals surface area (Å²) in [4.78, 5) is 54.0. The van der Waals surface area contributed by atoms with Crippen LogP contribution in [-0.4, -0.2) is 39.6 Å². The molecule has 9 heteroatoms. The van der Waals surface area contributed by atoms with E-state index in [0.29, 0.717) is 34.4 Å². The highest BCUT2D eigenvalue weighted by Crippen LogP contribution is 2.42. The zero-order valence-corrected chi connectivity index (χ0v) is 20.9. The minimum absolute atomic E-state index is 0.0330. The third-order valence-electron chi connectivity index (χ3n) is 6.62. The van der Waals surface area contributed by atoms with Crippen molar-refractivity contribution in [1.82, 2.24) is 10.0 Å². The Kier molecular flexibility index (Phi) is 7.04. The molecule has 1 aliphatic heterocycles. The lowest BCUT2D eigenvalue weighted by molar-refractivity contribution is -0.156. The Morgan fingerprint density at radius 2 is 1.56 bits per heavy atom. The van der Waals surface area contributed by atoms with Gasteiger partial charge in [-0.25, -0.2) is 5.01 Å². The smallest absolute Gasteiger partial charge is 0.275 e. The average molecular weight is 522 g/mol. The van der Waals surface area contributed by atoms with Crippen LogP contribution < -0.4 is 0 Å². The summed E-state index contributed by atoms with van der Waals surface area (Å²) in [6, 6.07) is 9.33. The Morgan fingerprint density at radius 3 is 2.21 bits per heavy atom. The molecule has 1 saturated heterocycles. The number of carbonyl (C=O) groups is 4. The van der Waals surface area contributed by atoms with Gasteiger partial charge in [-0.3, -0.25) is 19.2 Å². The number of amides is 3. The number of rotatable bonds is 5. The van der Waals surface area contributed by atoms with E-state index < -0.39 is 41.4 Å². The van der Waals surface area contributed by atoms with Gasteiger partial charge in [0.2, 0.25) is 0 Å². The van der Waals surface area contributed by atoms with Gasteiger partial charge in [0, 0.05) is 15.6 Å². The van der Waals surface area contributed by atoms with Crippen LogP contribution in [0.4, 0.5) is 0 Å². The number of ketones is 1. The van der Waals surface area contributed by atoms with Crippen molar-refractivity contribution in [2.45, 2.75) is 39.2 Å². The van der Waals surface area contributed by atoms with E-state index in [9.17, 15) is 19.2 Å². The van der Waals surface area contributed by atoms with Crippen LogP contribution in [0, 0.1) is 17.8 Å². The number of benzene rings is 2. The van der Waals surface area contributed by atoms with Crippen LogP contribution in [0.1, 0.15) is 53.8 Å². The third-order valence-corrected chi connectivity index (χ3v) is 7.42. The van der Waals surface area contributed by atoms with Crippen molar-refractivity contribution in [3.05, 3.63) is 68.7 Å². The molecule has 2 fully saturated rings. The Labute approximate surface area is 212 Å². The molecule has 2 aromatic carbocycles. The van der Waals surface area contributed by atoms with Crippen molar-refractivity contribution in [2.24, 2.45) is 17.8 Å². The summed E-state index contributed by atoms with van der Waals surface area (Å²) in [6.07, 6.45) is 1.95. The van der Waals surface area contributed by atoms with Crippen molar-refractivity contribution in [3.8, 4) is 0 Å². The molecular weight excluding hydrogens is 499 g/mol. The van der Waals surface area contributed by atoms with Gasteiger partial charge in [-0.2, -0.15) is 5.01 Å². The molecule has 178 valence electrons. The zero-order chi connectivity index (χ0) is 24.7. The molecule has 2 aromatic rings. The van der Waals surface area contributed by atoms with E-state index in [1.54, 1.807) is 12.1 Å².